The SMILES string of the molecule is CC(C)[C@]1(Cl)[C@H]2C[C@@H]3[C@]4(C)CCC[C@@](C)(C(=O)Cl)[C@@H]4CC[C@@]3(C1(Cl)Cl)[C@](Cl)(C(=O)Cl)[C@]2(Cl)C(=O)Cl. The van der Waals surface area contributed by atoms with Crippen LogP contribution in [0.2, 0.25) is 0 Å². The van der Waals surface area contributed by atoms with E-state index in [0.717, 1.165) is 12.8 Å². The highest BCUT2D eigenvalue weighted by atomic mass is 35.5. The van der Waals surface area contributed by atoms with Crippen molar-refractivity contribution >= 4 is 109 Å². The van der Waals surface area contributed by atoms with Gasteiger partial charge in [-0.15, -0.1) is 34.8 Å². The van der Waals surface area contributed by atoms with Crippen molar-refractivity contribution in [3.63, 3.8) is 0 Å². The molecule has 0 N–H and O–H groups in total. The Labute approximate surface area is 246 Å². The Kier molecular flexibility index (Phi) is 7.05. The predicted octanol–water partition coefficient (Wildman–Crippen LogP) is 8.29. The Balaban J connectivity index is 2.09. The lowest BCUT2D eigenvalue weighted by Gasteiger charge is -2.79. The summed E-state index contributed by atoms with van der Waals surface area (Å²) in [6, 6.07) is 0. The van der Waals surface area contributed by atoms with Crippen LogP contribution in [0.4, 0.5) is 0 Å². The fourth-order valence-electron chi connectivity index (χ4n) is 9.14. The van der Waals surface area contributed by atoms with Gasteiger partial charge in [0.1, 0.15) is 4.33 Å². The lowest BCUT2D eigenvalue weighted by atomic mass is 9.31. The van der Waals surface area contributed by atoms with Gasteiger partial charge in [-0.3, -0.25) is 14.4 Å². The van der Waals surface area contributed by atoms with Crippen LogP contribution in [-0.2, 0) is 14.4 Å². The first-order chi connectivity index (χ1) is 15.8. The Morgan fingerprint density at radius 2 is 1.34 bits per heavy atom. The molecule has 5 fully saturated rings. The molecular formula is C24H28Cl8O3. The summed E-state index contributed by atoms with van der Waals surface area (Å²) in [5.74, 6) is -1.91. The fourth-order valence-corrected chi connectivity index (χ4v) is 13.2. The second kappa shape index (κ2) is 8.42. The maximum Gasteiger partial charge on any atom is 0.245 e. The van der Waals surface area contributed by atoms with E-state index < -0.39 is 62.8 Å². The van der Waals surface area contributed by atoms with Gasteiger partial charge in [-0.25, -0.2) is 0 Å². The second-order valence-corrected chi connectivity index (χ2v) is 16.0. The molecule has 0 heterocycles. The minimum absolute atomic E-state index is 0.126. The van der Waals surface area contributed by atoms with Gasteiger partial charge in [-0.05, 0) is 90.1 Å². The third kappa shape index (κ3) is 2.95. The molecule has 5 aliphatic carbocycles. The predicted molar refractivity (Wildman–Crippen MR) is 144 cm³/mol. The highest BCUT2D eigenvalue weighted by Gasteiger charge is 2.92. The lowest BCUT2D eigenvalue weighted by molar-refractivity contribution is -0.219. The number of carbonyl (C=O) groups is 3. The number of hydrogen-bond acceptors (Lipinski definition) is 3. The molecule has 5 saturated carbocycles. The smallest absolute Gasteiger partial charge is 0.245 e. The number of rotatable bonds is 4. The molecule has 0 aromatic carbocycles. The molecule has 5 rings (SSSR count). The zero-order chi connectivity index (χ0) is 26.8. The zero-order valence-corrected chi connectivity index (χ0v) is 25.8. The van der Waals surface area contributed by atoms with Gasteiger partial charge in [0.25, 0.3) is 0 Å². The molecule has 11 heteroatoms. The summed E-state index contributed by atoms with van der Waals surface area (Å²) in [5, 5.41) is -2.45. The number of carbonyl (C=O) groups excluding carboxylic acids is 3. The maximum atomic E-state index is 13.4. The van der Waals surface area contributed by atoms with Gasteiger partial charge < -0.3 is 0 Å². The lowest BCUT2D eigenvalue weighted by Crippen LogP contribution is -2.89. The molecule has 0 radical (unpaired) electrons. The largest absolute Gasteiger partial charge is 0.281 e. The summed E-state index contributed by atoms with van der Waals surface area (Å²) in [4.78, 5) is 33.3. The minimum Gasteiger partial charge on any atom is -0.281 e. The van der Waals surface area contributed by atoms with Gasteiger partial charge >= 0.3 is 0 Å². The Hall–Kier alpha value is 1.33. The Morgan fingerprint density at radius 1 is 0.771 bits per heavy atom. The number of fused-ring (bicyclic) bond motifs is 3. The maximum absolute atomic E-state index is 13.4. The summed E-state index contributed by atoms with van der Waals surface area (Å²) >= 11 is 55.0. The van der Waals surface area contributed by atoms with Crippen LogP contribution in [0.5, 0.6) is 0 Å². The summed E-state index contributed by atoms with van der Waals surface area (Å²) in [6.45, 7) is 7.65. The van der Waals surface area contributed by atoms with Crippen molar-refractivity contribution in [2.45, 2.75) is 85.2 Å². The van der Waals surface area contributed by atoms with Crippen LogP contribution in [-0.4, -0.2) is 34.7 Å². The van der Waals surface area contributed by atoms with Gasteiger partial charge in [0.2, 0.25) is 15.7 Å². The molecule has 9 atom stereocenters. The van der Waals surface area contributed by atoms with Crippen molar-refractivity contribution in [3.05, 3.63) is 0 Å². The highest BCUT2D eigenvalue weighted by Crippen LogP contribution is 2.85. The van der Waals surface area contributed by atoms with Gasteiger partial charge in [0.15, 0.2) is 9.75 Å². The van der Waals surface area contributed by atoms with Gasteiger partial charge in [0.05, 0.1) is 4.87 Å². The van der Waals surface area contributed by atoms with Crippen molar-refractivity contribution in [1.82, 2.24) is 0 Å². The van der Waals surface area contributed by atoms with Crippen LogP contribution in [0.25, 0.3) is 0 Å². The van der Waals surface area contributed by atoms with E-state index in [1.807, 2.05) is 20.8 Å². The molecule has 1 spiro atoms. The Bertz CT molecular complexity index is 1000. The van der Waals surface area contributed by atoms with E-state index in [2.05, 4.69) is 6.92 Å². The topological polar surface area (TPSA) is 51.2 Å². The molecule has 35 heavy (non-hydrogen) atoms. The zero-order valence-electron chi connectivity index (χ0n) is 19.8. The van der Waals surface area contributed by atoms with Crippen molar-refractivity contribution in [1.29, 1.82) is 0 Å². The van der Waals surface area contributed by atoms with Crippen LogP contribution in [0.3, 0.4) is 0 Å². The van der Waals surface area contributed by atoms with Gasteiger partial charge in [-0.2, -0.15) is 0 Å². The fraction of sp³-hybridized carbons (Fsp3) is 0.875. The highest BCUT2D eigenvalue weighted by molar-refractivity contribution is 6.79. The van der Waals surface area contributed by atoms with E-state index >= 15 is 0 Å². The van der Waals surface area contributed by atoms with E-state index in [9.17, 15) is 14.4 Å². The van der Waals surface area contributed by atoms with Crippen LogP contribution in [0, 0.1) is 39.9 Å². The van der Waals surface area contributed by atoms with E-state index in [0.29, 0.717) is 19.3 Å². The number of halogens is 8. The van der Waals surface area contributed by atoms with Crippen LogP contribution in [0.1, 0.15) is 66.2 Å². The number of hydrogen-bond donors (Lipinski definition) is 0. The van der Waals surface area contributed by atoms with Crippen molar-refractivity contribution < 1.29 is 14.4 Å². The van der Waals surface area contributed by atoms with E-state index in [4.69, 9.17) is 92.8 Å². The summed E-state index contributed by atoms with van der Waals surface area (Å²) in [5.41, 5.74) is -2.85. The molecule has 0 amide bonds. The second-order valence-electron chi connectivity index (χ2n) is 11.9. The van der Waals surface area contributed by atoms with Crippen molar-refractivity contribution in [2.24, 2.45) is 39.9 Å². The molecule has 0 aromatic heterocycles. The molecular weight excluding hydrogens is 620 g/mol. The Morgan fingerprint density at radius 3 is 1.80 bits per heavy atom. The molecule has 0 unspecified atom stereocenters. The van der Waals surface area contributed by atoms with E-state index in [-0.39, 0.29) is 18.3 Å². The molecule has 0 saturated heterocycles. The van der Waals surface area contributed by atoms with E-state index in [1.54, 1.807) is 0 Å². The third-order valence-electron chi connectivity index (χ3n) is 10.7. The average molecular weight is 648 g/mol. The quantitative estimate of drug-likeness (QED) is 0.228. The monoisotopic (exact) mass is 644 g/mol. The first kappa shape index (κ1) is 29.3. The van der Waals surface area contributed by atoms with Crippen molar-refractivity contribution in [2.75, 3.05) is 0 Å². The average Bonchev–Trinajstić information content (AvgIpc) is 2.73. The van der Waals surface area contributed by atoms with Crippen LogP contribution in [0.15, 0.2) is 0 Å². The molecule has 198 valence electrons. The molecule has 3 nitrogen and oxygen atoms in total. The molecule has 2 bridgehead atoms. The molecule has 0 aliphatic heterocycles. The molecule has 0 aromatic rings. The standard InChI is InChI=1S/C24H28Cl8O3/c1-11(2)21(28)14-10-13-18(3)7-5-8-19(4,15(25)33)12(18)6-9-20(13,24(21,31)32)23(30,17(27)35)22(14,29)16(26)34/h11-14H,5-10H2,1-4H3/t12-,13-,14-,18-,19-,20+,21+,22-,23-/m1/s1. The normalized spacial score (nSPS) is 52.5. The third-order valence-corrected chi connectivity index (χ3v) is 16.0. The minimum atomic E-state index is -2.24. The summed E-state index contributed by atoms with van der Waals surface area (Å²) in [7, 11) is 0. The van der Waals surface area contributed by atoms with E-state index in [1.165, 1.54) is 0 Å². The first-order valence-corrected chi connectivity index (χ1v) is 14.9. The van der Waals surface area contributed by atoms with Crippen molar-refractivity contribution in [3.8, 4) is 0 Å². The van der Waals surface area contributed by atoms with Crippen LogP contribution < -0.4 is 0 Å². The molecule has 5 aliphatic rings. The number of alkyl halides is 5. The summed E-state index contributed by atoms with van der Waals surface area (Å²) in [6.07, 6.45) is 2.99. The first-order valence-electron chi connectivity index (χ1n) is 11.8. The van der Waals surface area contributed by atoms with Gasteiger partial charge in [-0.1, -0.05) is 57.3 Å². The summed E-state index contributed by atoms with van der Waals surface area (Å²) < 4.78 is -1.81. The van der Waals surface area contributed by atoms with Crippen LogP contribution >= 0.6 is 92.8 Å². The van der Waals surface area contributed by atoms with Gasteiger partial charge in [0, 0.05) is 16.7 Å².